The summed E-state index contributed by atoms with van der Waals surface area (Å²) in [5.74, 6) is 0. The molecule has 2 aromatic rings. The SMILES string of the molecule is CCCCC(=N\c1cc(C)cc(C)c1)/C(CC)=N/c1cc(C)cc(C)c1.[Ni]. The zero-order valence-corrected chi connectivity index (χ0v) is 18.5. The summed E-state index contributed by atoms with van der Waals surface area (Å²) in [6.07, 6.45) is 4.16. The normalized spacial score (nSPS) is 12.1. The number of benzene rings is 2. The second-order valence-corrected chi connectivity index (χ2v) is 7.27. The van der Waals surface area contributed by atoms with Gasteiger partial charge in [-0.1, -0.05) is 32.4 Å². The van der Waals surface area contributed by atoms with Gasteiger partial charge in [-0.25, -0.2) is 0 Å². The average molecular weight is 407 g/mol. The molecule has 0 aromatic heterocycles. The van der Waals surface area contributed by atoms with Gasteiger partial charge in [0.15, 0.2) is 0 Å². The van der Waals surface area contributed by atoms with Crippen molar-refractivity contribution in [2.45, 2.75) is 67.2 Å². The minimum atomic E-state index is 0. The first kappa shape index (κ1) is 23.3. The molecule has 0 aliphatic carbocycles. The van der Waals surface area contributed by atoms with Gasteiger partial charge < -0.3 is 0 Å². The fraction of sp³-hybridized carbons (Fsp3) is 0.417. The van der Waals surface area contributed by atoms with E-state index in [9.17, 15) is 0 Å². The van der Waals surface area contributed by atoms with E-state index in [2.05, 4.69) is 77.9 Å². The smallest absolute Gasteiger partial charge is 0.0639 e. The Kier molecular flexibility index (Phi) is 9.66. The maximum Gasteiger partial charge on any atom is 0.0639 e. The van der Waals surface area contributed by atoms with Crippen molar-refractivity contribution in [1.29, 1.82) is 0 Å². The molecule has 0 bridgehead atoms. The van der Waals surface area contributed by atoms with Crippen LogP contribution in [-0.2, 0) is 16.5 Å². The number of nitrogens with zero attached hydrogens (tertiary/aromatic N) is 2. The van der Waals surface area contributed by atoms with E-state index in [0.29, 0.717) is 0 Å². The number of hydrogen-bond acceptors (Lipinski definition) is 2. The molecule has 0 aliphatic rings. The third kappa shape index (κ3) is 7.42. The minimum Gasteiger partial charge on any atom is -0.252 e. The zero-order chi connectivity index (χ0) is 19.1. The van der Waals surface area contributed by atoms with Crippen LogP contribution in [0.3, 0.4) is 0 Å². The van der Waals surface area contributed by atoms with Crippen molar-refractivity contribution < 1.29 is 16.5 Å². The van der Waals surface area contributed by atoms with E-state index in [4.69, 9.17) is 9.98 Å². The Bertz CT molecular complexity index is 779. The van der Waals surface area contributed by atoms with Crippen LogP contribution >= 0.6 is 0 Å². The summed E-state index contributed by atoms with van der Waals surface area (Å²) in [5.41, 5.74) is 9.30. The summed E-state index contributed by atoms with van der Waals surface area (Å²) < 4.78 is 0. The van der Waals surface area contributed by atoms with Crippen LogP contribution in [0.2, 0.25) is 0 Å². The van der Waals surface area contributed by atoms with Gasteiger partial charge in [0.1, 0.15) is 0 Å². The number of aliphatic imine (C=N–C) groups is 2. The Labute approximate surface area is 175 Å². The fourth-order valence-electron chi connectivity index (χ4n) is 3.30. The Morgan fingerprint density at radius 1 is 0.667 bits per heavy atom. The van der Waals surface area contributed by atoms with Crippen LogP contribution in [0.1, 0.15) is 61.8 Å². The number of rotatable bonds is 7. The molecule has 0 amide bonds. The van der Waals surface area contributed by atoms with Gasteiger partial charge in [-0.15, -0.1) is 0 Å². The van der Waals surface area contributed by atoms with Gasteiger partial charge in [0.05, 0.1) is 22.8 Å². The van der Waals surface area contributed by atoms with Crippen LogP contribution in [0.25, 0.3) is 0 Å². The largest absolute Gasteiger partial charge is 0.252 e. The first-order valence-electron chi connectivity index (χ1n) is 9.73. The fourth-order valence-corrected chi connectivity index (χ4v) is 3.30. The van der Waals surface area contributed by atoms with Crippen molar-refractivity contribution in [3.05, 3.63) is 58.7 Å². The summed E-state index contributed by atoms with van der Waals surface area (Å²) >= 11 is 0. The van der Waals surface area contributed by atoms with Crippen molar-refractivity contribution in [2.75, 3.05) is 0 Å². The molecular formula is C24H32N2Ni. The Balaban J connectivity index is 0.00000364. The maximum absolute atomic E-state index is 5.02. The molecule has 2 aromatic carbocycles. The van der Waals surface area contributed by atoms with E-state index in [1.54, 1.807) is 0 Å². The Morgan fingerprint density at radius 3 is 1.44 bits per heavy atom. The van der Waals surface area contributed by atoms with E-state index >= 15 is 0 Å². The molecule has 0 radical (unpaired) electrons. The molecule has 0 saturated heterocycles. The summed E-state index contributed by atoms with van der Waals surface area (Å²) in [7, 11) is 0. The summed E-state index contributed by atoms with van der Waals surface area (Å²) in [6.45, 7) is 12.9. The van der Waals surface area contributed by atoms with Crippen molar-refractivity contribution in [2.24, 2.45) is 9.98 Å². The van der Waals surface area contributed by atoms with Crippen molar-refractivity contribution in [1.82, 2.24) is 0 Å². The number of aryl methyl sites for hydroxylation is 4. The molecule has 0 N–H and O–H groups in total. The van der Waals surface area contributed by atoms with Gasteiger partial charge in [-0.2, -0.15) is 0 Å². The third-order valence-electron chi connectivity index (χ3n) is 4.38. The van der Waals surface area contributed by atoms with Gasteiger partial charge >= 0.3 is 0 Å². The van der Waals surface area contributed by atoms with E-state index in [1.165, 1.54) is 22.3 Å². The second kappa shape index (κ2) is 11.2. The van der Waals surface area contributed by atoms with Crippen LogP contribution < -0.4 is 0 Å². The number of unbranched alkanes of at least 4 members (excludes halogenated alkanes) is 1. The molecule has 0 heterocycles. The molecule has 3 heteroatoms. The standard InChI is InChI=1S/C24H32N2.Ni/c1-7-9-10-24(26-22-15-19(5)12-20(6)16-22)23(8-2)25-21-13-17(3)11-18(4)14-21;/h11-16H,7-10H2,1-6H3;/b25-23+,26-24+;. The van der Waals surface area contributed by atoms with Crippen LogP contribution in [0, 0.1) is 27.7 Å². The van der Waals surface area contributed by atoms with E-state index in [-0.39, 0.29) is 16.5 Å². The van der Waals surface area contributed by atoms with Crippen LogP contribution in [0.5, 0.6) is 0 Å². The molecule has 27 heavy (non-hydrogen) atoms. The van der Waals surface area contributed by atoms with Gasteiger partial charge in [0.2, 0.25) is 0 Å². The van der Waals surface area contributed by atoms with E-state index in [1.807, 2.05) is 0 Å². The summed E-state index contributed by atoms with van der Waals surface area (Å²) in [6, 6.07) is 13.0. The molecule has 2 nitrogen and oxygen atoms in total. The monoisotopic (exact) mass is 406 g/mol. The molecule has 148 valence electrons. The summed E-state index contributed by atoms with van der Waals surface area (Å²) in [4.78, 5) is 9.99. The quantitative estimate of drug-likeness (QED) is 0.338. The van der Waals surface area contributed by atoms with Gasteiger partial charge in [-0.05, 0) is 93.5 Å². The Morgan fingerprint density at radius 2 is 1.07 bits per heavy atom. The van der Waals surface area contributed by atoms with Crippen LogP contribution in [-0.4, -0.2) is 11.4 Å². The predicted octanol–water partition coefficient (Wildman–Crippen LogP) is 7.36. The van der Waals surface area contributed by atoms with Crippen molar-refractivity contribution >= 4 is 22.8 Å². The molecule has 0 spiro atoms. The molecule has 2 rings (SSSR count). The van der Waals surface area contributed by atoms with Gasteiger partial charge in [-0.3, -0.25) is 9.98 Å². The second-order valence-electron chi connectivity index (χ2n) is 7.27. The molecule has 0 saturated carbocycles. The maximum atomic E-state index is 5.02. The molecular weight excluding hydrogens is 375 g/mol. The van der Waals surface area contributed by atoms with Gasteiger partial charge in [0, 0.05) is 16.5 Å². The average Bonchev–Trinajstić information content (AvgIpc) is 2.55. The molecule has 0 aliphatic heterocycles. The third-order valence-corrected chi connectivity index (χ3v) is 4.38. The van der Waals surface area contributed by atoms with Crippen LogP contribution in [0.15, 0.2) is 46.4 Å². The number of hydrogen-bond donors (Lipinski definition) is 0. The Hall–Kier alpha value is -1.73. The molecule has 0 fully saturated rings. The first-order valence-corrected chi connectivity index (χ1v) is 9.73. The van der Waals surface area contributed by atoms with Crippen LogP contribution in [0.4, 0.5) is 11.4 Å². The van der Waals surface area contributed by atoms with E-state index < -0.39 is 0 Å². The topological polar surface area (TPSA) is 24.7 Å². The molecule has 0 atom stereocenters. The van der Waals surface area contributed by atoms with Crippen molar-refractivity contribution in [3.63, 3.8) is 0 Å². The first-order chi connectivity index (χ1) is 12.4. The zero-order valence-electron chi connectivity index (χ0n) is 17.5. The van der Waals surface area contributed by atoms with E-state index in [0.717, 1.165) is 48.5 Å². The molecule has 0 unspecified atom stereocenters. The minimum absolute atomic E-state index is 0. The summed E-state index contributed by atoms with van der Waals surface area (Å²) in [5, 5.41) is 0. The van der Waals surface area contributed by atoms with Gasteiger partial charge in [0.25, 0.3) is 0 Å². The predicted molar refractivity (Wildman–Crippen MR) is 116 cm³/mol. The van der Waals surface area contributed by atoms with Crippen molar-refractivity contribution in [3.8, 4) is 0 Å².